The van der Waals surface area contributed by atoms with Crippen molar-refractivity contribution in [3.8, 4) is 0 Å². The van der Waals surface area contributed by atoms with Crippen LogP contribution in [-0.4, -0.2) is 17.9 Å². The maximum absolute atomic E-state index is 8.89. The second-order valence-corrected chi connectivity index (χ2v) is 1.85. The van der Waals surface area contributed by atoms with Crippen LogP contribution in [0, 0.1) is 6.92 Å². The summed E-state index contributed by atoms with van der Waals surface area (Å²) in [4.78, 5) is 0. The molecule has 55 valence electrons. The topological polar surface area (TPSA) is 44.3 Å². The van der Waals surface area contributed by atoms with Crippen LogP contribution in [0.15, 0.2) is 0 Å². The van der Waals surface area contributed by atoms with Crippen LogP contribution in [0.25, 0.3) is 0 Å². The van der Waals surface area contributed by atoms with Gasteiger partial charge in [0.25, 0.3) is 0 Å². The summed E-state index contributed by atoms with van der Waals surface area (Å²) in [6.07, 6.45) is 1.10. The molecule has 9 heavy (non-hydrogen) atoms. The molecule has 0 heterocycles. The minimum absolute atomic E-state index is 0.434. The van der Waals surface area contributed by atoms with Gasteiger partial charge in [0.2, 0.25) is 0 Å². The average Bonchev–Trinajstić information content (AvgIpc) is 1.89. The van der Waals surface area contributed by atoms with Crippen molar-refractivity contribution in [2.24, 2.45) is 0 Å². The predicted octanol–water partition coefficient (Wildman–Crippen LogP) is 0.0332. The van der Waals surface area contributed by atoms with Gasteiger partial charge in [-0.15, -0.1) is 0 Å². The largest absolute Gasteiger partial charge is 0.377 e. The number of hydrazine groups is 1. The molecule has 0 aromatic carbocycles. The lowest BCUT2D eigenvalue weighted by atomic mass is 10.4. The highest BCUT2D eigenvalue weighted by Gasteiger charge is 1.94. The number of aliphatic hydroxyl groups excluding tert-OH is 1. The highest BCUT2D eigenvalue weighted by molar-refractivity contribution is 4.46. The molecule has 0 amide bonds. The highest BCUT2D eigenvalue weighted by Crippen LogP contribution is 1.79. The lowest BCUT2D eigenvalue weighted by Crippen LogP contribution is -2.40. The second-order valence-electron chi connectivity index (χ2n) is 1.85. The Balaban J connectivity index is 2.88. The fraction of sp³-hybridized carbons (Fsp3) is 0.833. The van der Waals surface area contributed by atoms with Crippen LogP contribution in [-0.2, 0) is 0 Å². The van der Waals surface area contributed by atoms with Crippen molar-refractivity contribution in [2.45, 2.75) is 26.0 Å². The molecule has 3 heteroatoms. The molecular formula is C6H15N2O. The van der Waals surface area contributed by atoms with Gasteiger partial charge in [-0.2, -0.15) is 0 Å². The summed E-state index contributed by atoms with van der Waals surface area (Å²) in [7, 11) is 0. The summed E-state index contributed by atoms with van der Waals surface area (Å²) in [6.45, 7) is 6.32. The molecule has 3 nitrogen and oxygen atoms in total. The van der Waals surface area contributed by atoms with E-state index < -0.39 is 6.23 Å². The van der Waals surface area contributed by atoms with Crippen molar-refractivity contribution in [1.82, 2.24) is 10.9 Å². The highest BCUT2D eigenvalue weighted by atomic mass is 16.3. The smallest absolute Gasteiger partial charge is 0.116 e. The molecule has 1 unspecified atom stereocenters. The van der Waals surface area contributed by atoms with Crippen molar-refractivity contribution in [2.75, 3.05) is 6.54 Å². The maximum Gasteiger partial charge on any atom is 0.116 e. The van der Waals surface area contributed by atoms with Crippen LogP contribution in [0.4, 0.5) is 0 Å². The first-order chi connectivity index (χ1) is 4.31. The van der Waals surface area contributed by atoms with Gasteiger partial charge in [0.05, 0.1) is 0 Å². The van der Waals surface area contributed by atoms with Gasteiger partial charge in [0.1, 0.15) is 6.23 Å². The molecule has 0 aliphatic rings. The van der Waals surface area contributed by atoms with E-state index in [4.69, 9.17) is 5.11 Å². The van der Waals surface area contributed by atoms with E-state index in [-0.39, 0.29) is 0 Å². The molecule has 0 spiro atoms. The molecule has 0 bridgehead atoms. The van der Waals surface area contributed by atoms with Gasteiger partial charge in [-0.25, -0.2) is 5.43 Å². The van der Waals surface area contributed by atoms with Crippen LogP contribution < -0.4 is 10.9 Å². The first-order valence-corrected chi connectivity index (χ1v) is 3.27. The van der Waals surface area contributed by atoms with Crippen LogP contribution in [0.2, 0.25) is 0 Å². The summed E-state index contributed by atoms with van der Waals surface area (Å²) in [6, 6.07) is 0. The van der Waals surface area contributed by atoms with E-state index in [1.165, 1.54) is 0 Å². The van der Waals surface area contributed by atoms with Crippen LogP contribution in [0.3, 0.4) is 0 Å². The minimum Gasteiger partial charge on any atom is -0.377 e. The van der Waals surface area contributed by atoms with Gasteiger partial charge in [0.15, 0.2) is 0 Å². The molecule has 3 N–H and O–H groups in total. The number of hydrogen-bond donors (Lipinski definition) is 3. The van der Waals surface area contributed by atoms with Crippen LogP contribution >= 0.6 is 0 Å². The van der Waals surface area contributed by atoms with E-state index in [2.05, 4.69) is 17.8 Å². The lowest BCUT2D eigenvalue weighted by molar-refractivity contribution is 0.115. The van der Waals surface area contributed by atoms with Crippen molar-refractivity contribution in [3.05, 3.63) is 6.92 Å². The predicted molar refractivity (Wildman–Crippen MR) is 37.4 cm³/mol. The van der Waals surface area contributed by atoms with E-state index >= 15 is 0 Å². The minimum atomic E-state index is -0.434. The average molecular weight is 131 g/mol. The molecule has 0 aromatic rings. The number of nitrogens with one attached hydrogen (secondary N) is 2. The van der Waals surface area contributed by atoms with Crippen LogP contribution in [0.1, 0.15) is 19.8 Å². The Morgan fingerprint density at radius 2 is 2.33 bits per heavy atom. The Morgan fingerprint density at radius 3 is 2.78 bits per heavy atom. The Labute approximate surface area is 56.4 Å². The zero-order valence-electron chi connectivity index (χ0n) is 5.85. The van der Waals surface area contributed by atoms with Crippen molar-refractivity contribution >= 4 is 0 Å². The van der Waals surface area contributed by atoms with Gasteiger partial charge in [0, 0.05) is 6.54 Å². The fourth-order valence-electron chi connectivity index (χ4n) is 0.380. The van der Waals surface area contributed by atoms with Crippen molar-refractivity contribution in [3.63, 3.8) is 0 Å². The Bertz CT molecular complexity index is 59.0. The molecule has 0 fully saturated rings. The van der Waals surface area contributed by atoms with Gasteiger partial charge < -0.3 is 5.11 Å². The van der Waals surface area contributed by atoms with Crippen molar-refractivity contribution < 1.29 is 5.11 Å². The molecule has 1 radical (unpaired) electrons. The summed E-state index contributed by atoms with van der Waals surface area (Å²) in [5.41, 5.74) is 5.52. The van der Waals surface area contributed by atoms with E-state index in [1.807, 2.05) is 6.92 Å². The third-order valence-electron chi connectivity index (χ3n) is 0.957. The number of aliphatic hydroxyl groups is 1. The lowest BCUT2D eigenvalue weighted by Gasteiger charge is -2.09. The summed E-state index contributed by atoms with van der Waals surface area (Å²) in [5.74, 6) is 0. The molecule has 0 saturated carbocycles. The Hall–Kier alpha value is -0.120. The summed E-state index contributed by atoms with van der Waals surface area (Å²) in [5, 5.41) is 8.89. The quantitative estimate of drug-likeness (QED) is 0.280. The van der Waals surface area contributed by atoms with Gasteiger partial charge in [-0.3, -0.25) is 5.43 Å². The normalized spacial score (nSPS) is 13.7. The zero-order chi connectivity index (χ0) is 7.11. The second kappa shape index (κ2) is 6.01. The molecule has 1 atom stereocenters. The zero-order valence-corrected chi connectivity index (χ0v) is 5.85. The first kappa shape index (κ1) is 8.88. The third-order valence-corrected chi connectivity index (χ3v) is 0.957. The molecular weight excluding hydrogens is 116 g/mol. The van der Waals surface area contributed by atoms with E-state index in [0.29, 0.717) is 6.42 Å². The first-order valence-electron chi connectivity index (χ1n) is 3.27. The van der Waals surface area contributed by atoms with Gasteiger partial charge >= 0.3 is 0 Å². The fourth-order valence-corrected chi connectivity index (χ4v) is 0.380. The monoisotopic (exact) mass is 131 g/mol. The Kier molecular flexibility index (Phi) is 5.93. The van der Waals surface area contributed by atoms with E-state index in [1.54, 1.807) is 0 Å². The molecule has 0 rings (SSSR count). The molecule has 0 aliphatic heterocycles. The molecule has 0 aliphatic carbocycles. The molecule has 0 saturated heterocycles. The summed E-state index contributed by atoms with van der Waals surface area (Å²) >= 11 is 0. The number of rotatable bonds is 5. The Morgan fingerprint density at radius 1 is 1.67 bits per heavy atom. The summed E-state index contributed by atoms with van der Waals surface area (Å²) < 4.78 is 0. The van der Waals surface area contributed by atoms with E-state index in [9.17, 15) is 0 Å². The SMILES string of the molecule is [CH2]CCNNC(O)CC. The van der Waals surface area contributed by atoms with Crippen molar-refractivity contribution in [1.29, 1.82) is 0 Å². The standard InChI is InChI=1S/C6H15N2O/c1-3-5-7-8-6(9)4-2/h6-9H,1,3-5H2,2H3. The number of hydrogen-bond acceptors (Lipinski definition) is 3. The van der Waals surface area contributed by atoms with Crippen LogP contribution in [0.5, 0.6) is 0 Å². The van der Waals surface area contributed by atoms with Gasteiger partial charge in [-0.05, 0) is 12.8 Å². The van der Waals surface area contributed by atoms with E-state index in [0.717, 1.165) is 13.0 Å². The third kappa shape index (κ3) is 5.76. The molecule has 0 aromatic heterocycles. The maximum atomic E-state index is 8.89. The van der Waals surface area contributed by atoms with Gasteiger partial charge in [-0.1, -0.05) is 13.8 Å².